The van der Waals surface area contributed by atoms with Crippen LogP contribution in [-0.4, -0.2) is 11.7 Å². The molecule has 1 aromatic heterocycles. The van der Waals surface area contributed by atoms with Crippen LogP contribution in [0.4, 0.5) is 0 Å². The molecule has 2 N–H and O–H groups in total. The van der Waals surface area contributed by atoms with E-state index in [0.29, 0.717) is 18.2 Å². The van der Waals surface area contributed by atoms with Crippen molar-refractivity contribution in [3.05, 3.63) is 217 Å². The number of amidine groups is 2. The van der Waals surface area contributed by atoms with Crippen LogP contribution in [0.25, 0.3) is 66.4 Å². The van der Waals surface area contributed by atoms with Gasteiger partial charge in [-0.3, -0.25) is 4.99 Å². The predicted molar refractivity (Wildman–Crippen MR) is 229 cm³/mol. The molecule has 262 valence electrons. The Morgan fingerprint density at radius 3 is 1.73 bits per heavy atom. The topological polar surface area (TPSA) is 63.9 Å². The fraction of sp³-hybridized carbons (Fsp3) is 0.0196. The van der Waals surface area contributed by atoms with Gasteiger partial charge in [0, 0.05) is 21.9 Å². The van der Waals surface area contributed by atoms with Crippen LogP contribution in [0.15, 0.2) is 215 Å². The number of nitrogens with two attached hydrogens (primary N) is 1. The largest absolute Gasteiger partial charge is 0.456 e. The molecule has 9 aromatic rings. The molecule has 0 atom stereocenters. The van der Waals surface area contributed by atoms with E-state index >= 15 is 0 Å². The summed E-state index contributed by atoms with van der Waals surface area (Å²) in [5, 5.41) is 2.15. The quantitative estimate of drug-likeness (QED) is 0.126. The van der Waals surface area contributed by atoms with E-state index in [2.05, 4.69) is 127 Å². The number of benzene rings is 8. The predicted octanol–water partition coefficient (Wildman–Crippen LogP) is 12.6. The second kappa shape index (κ2) is 15.0. The maximum absolute atomic E-state index is 6.63. The Bertz CT molecular complexity index is 2840. The highest BCUT2D eigenvalue weighted by Crippen LogP contribution is 2.40. The van der Waals surface area contributed by atoms with Gasteiger partial charge in [-0.25, -0.2) is 4.99 Å². The Morgan fingerprint density at radius 1 is 0.436 bits per heavy atom. The molecule has 0 unspecified atom stereocenters. The van der Waals surface area contributed by atoms with Gasteiger partial charge in [-0.2, -0.15) is 0 Å². The number of furan rings is 1. The zero-order valence-electron chi connectivity index (χ0n) is 30.1. The normalized spacial score (nSPS) is 12.0. The average molecular weight is 708 g/mol. The Labute approximate surface area is 320 Å². The molecule has 0 amide bonds. The van der Waals surface area contributed by atoms with E-state index < -0.39 is 0 Å². The molecular formula is C51H37N3O. The van der Waals surface area contributed by atoms with Crippen LogP contribution in [0.3, 0.4) is 0 Å². The maximum atomic E-state index is 6.63. The Hall–Kier alpha value is -7.30. The van der Waals surface area contributed by atoms with E-state index in [-0.39, 0.29) is 0 Å². The molecule has 0 radical (unpaired) electrons. The number of fused-ring (bicyclic) bond motifs is 3. The van der Waals surface area contributed by atoms with Gasteiger partial charge >= 0.3 is 0 Å². The first-order valence-corrected chi connectivity index (χ1v) is 18.5. The fourth-order valence-corrected chi connectivity index (χ4v) is 7.27. The second-order valence-corrected chi connectivity index (χ2v) is 13.5. The third-order valence-electron chi connectivity index (χ3n) is 10.0. The van der Waals surface area contributed by atoms with Gasteiger partial charge in [0.25, 0.3) is 0 Å². The van der Waals surface area contributed by atoms with E-state index in [4.69, 9.17) is 20.1 Å². The van der Waals surface area contributed by atoms with Crippen molar-refractivity contribution in [2.24, 2.45) is 15.7 Å². The van der Waals surface area contributed by atoms with Crippen molar-refractivity contribution in [2.75, 3.05) is 0 Å². The second-order valence-electron chi connectivity index (χ2n) is 13.5. The molecule has 0 aliphatic heterocycles. The molecule has 4 nitrogen and oxygen atoms in total. The molecule has 0 spiro atoms. The Balaban J connectivity index is 1.13. The molecule has 8 aromatic carbocycles. The first-order chi connectivity index (χ1) is 27.2. The van der Waals surface area contributed by atoms with Crippen molar-refractivity contribution >= 4 is 33.6 Å². The smallest absolute Gasteiger partial charge is 0.157 e. The number of aliphatic imine (C=N–C) groups is 2. The summed E-state index contributed by atoms with van der Waals surface area (Å²) in [4.78, 5) is 10.1. The molecule has 0 aliphatic carbocycles. The lowest BCUT2D eigenvalue weighted by atomic mass is 9.94. The minimum atomic E-state index is 0.399. The standard InChI is InChI=1S/C51H37N3O/c52-50(37-19-8-3-9-20-37)54-51(42-25-13-23-39(32-42)36-17-6-2-7-18-36)53-34-43-21-10-11-26-44(43)45-27-14-28-48-49(45)46-33-41(29-30-47(46)55-48)40-24-12-22-38(31-40)35-15-4-1-5-16-35/h1-33H,34H2,(H2,52,53,54). The summed E-state index contributed by atoms with van der Waals surface area (Å²) in [6.07, 6.45) is 0. The van der Waals surface area contributed by atoms with Crippen LogP contribution in [0.5, 0.6) is 0 Å². The van der Waals surface area contributed by atoms with Gasteiger partial charge in [-0.1, -0.05) is 170 Å². The van der Waals surface area contributed by atoms with E-state index in [9.17, 15) is 0 Å². The molecule has 0 fully saturated rings. The zero-order chi connectivity index (χ0) is 37.0. The van der Waals surface area contributed by atoms with Crippen molar-refractivity contribution < 1.29 is 4.42 Å². The fourth-order valence-electron chi connectivity index (χ4n) is 7.27. The molecule has 4 heteroatoms. The SMILES string of the molecule is NC(=NC(=NCc1ccccc1-c1cccc2oc3ccc(-c4cccc(-c5ccccc5)c4)cc3c12)c1cccc(-c2ccccc2)c1)c1ccccc1. The van der Waals surface area contributed by atoms with Crippen LogP contribution >= 0.6 is 0 Å². The van der Waals surface area contributed by atoms with Crippen LogP contribution < -0.4 is 5.73 Å². The van der Waals surface area contributed by atoms with Crippen molar-refractivity contribution in [2.45, 2.75) is 6.54 Å². The van der Waals surface area contributed by atoms with Crippen LogP contribution in [-0.2, 0) is 6.54 Å². The van der Waals surface area contributed by atoms with Crippen molar-refractivity contribution in [3.8, 4) is 44.5 Å². The number of nitrogens with zero attached hydrogens (tertiary/aromatic N) is 2. The molecule has 0 saturated carbocycles. The lowest BCUT2D eigenvalue weighted by molar-refractivity contribution is 0.669. The lowest BCUT2D eigenvalue weighted by Gasteiger charge is -2.11. The molecule has 0 saturated heterocycles. The summed E-state index contributed by atoms with van der Waals surface area (Å²) in [6, 6.07) is 69.0. The minimum absolute atomic E-state index is 0.399. The van der Waals surface area contributed by atoms with Gasteiger partial charge in [0.1, 0.15) is 17.0 Å². The highest BCUT2D eigenvalue weighted by atomic mass is 16.3. The molecule has 9 rings (SSSR count). The zero-order valence-corrected chi connectivity index (χ0v) is 30.1. The lowest BCUT2D eigenvalue weighted by Crippen LogP contribution is -2.16. The van der Waals surface area contributed by atoms with Crippen LogP contribution in [0.1, 0.15) is 16.7 Å². The van der Waals surface area contributed by atoms with Crippen molar-refractivity contribution in [1.82, 2.24) is 0 Å². The van der Waals surface area contributed by atoms with Gasteiger partial charge in [0.05, 0.1) is 6.54 Å². The molecule has 1 heterocycles. The van der Waals surface area contributed by atoms with E-state index in [0.717, 1.165) is 72.0 Å². The summed E-state index contributed by atoms with van der Waals surface area (Å²) >= 11 is 0. The van der Waals surface area contributed by atoms with Crippen LogP contribution in [0, 0.1) is 0 Å². The summed E-state index contributed by atoms with van der Waals surface area (Å²) in [7, 11) is 0. The maximum Gasteiger partial charge on any atom is 0.157 e. The third kappa shape index (κ3) is 6.97. The first kappa shape index (κ1) is 33.5. The third-order valence-corrected chi connectivity index (χ3v) is 10.0. The van der Waals surface area contributed by atoms with Gasteiger partial charge < -0.3 is 10.2 Å². The highest BCUT2D eigenvalue weighted by Gasteiger charge is 2.16. The Kier molecular flexibility index (Phi) is 9.13. The summed E-state index contributed by atoms with van der Waals surface area (Å²) < 4.78 is 6.47. The summed E-state index contributed by atoms with van der Waals surface area (Å²) in [5.41, 5.74) is 20.2. The highest BCUT2D eigenvalue weighted by molar-refractivity contribution is 6.14. The summed E-state index contributed by atoms with van der Waals surface area (Å²) in [6.45, 7) is 0.399. The van der Waals surface area contributed by atoms with Crippen LogP contribution in [0.2, 0.25) is 0 Å². The molecular weight excluding hydrogens is 671 g/mol. The van der Waals surface area contributed by atoms with E-state index in [1.165, 1.54) is 11.1 Å². The first-order valence-electron chi connectivity index (χ1n) is 18.5. The monoisotopic (exact) mass is 707 g/mol. The number of rotatable bonds is 8. The van der Waals surface area contributed by atoms with Gasteiger partial charge in [-0.15, -0.1) is 0 Å². The molecule has 55 heavy (non-hydrogen) atoms. The van der Waals surface area contributed by atoms with Gasteiger partial charge in [0.2, 0.25) is 0 Å². The Morgan fingerprint density at radius 2 is 0.982 bits per heavy atom. The molecule has 0 aliphatic rings. The summed E-state index contributed by atoms with van der Waals surface area (Å²) in [5.74, 6) is 0.987. The van der Waals surface area contributed by atoms with Gasteiger partial charge in [-0.05, 0) is 80.4 Å². The average Bonchev–Trinajstić information content (AvgIpc) is 3.64. The van der Waals surface area contributed by atoms with E-state index in [1.54, 1.807) is 0 Å². The van der Waals surface area contributed by atoms with Crippen molar-refractivity contribution in [3.63, 3.8) is 0 Å². The number of hydrogen-bond acceptors (Lipinski definition) is 2. The minimum Gasteiger partial charge on any atom is -0.456 e. The number of hydrogen-bond donors (Lipinski definition) is 1. The van der Waals surface area contributed by atoms with E-state index in [1.807, 2.05) is 72.8 Å². The van der Waals surface area contributed by atoms with Crippen molar-refractivity contribution in [1.29, 1.82) is 0 Å². The molecule has 0 bridgehead atoms. The van der Waals surface area contributed by atoms with Gasteiger partial charge in [0.15, 0.2) is 5.84 Å².